The van der Waals surface area contributed by atoms with Gasteiger partial charge >= 0.3 is 0 Å². The van der Waals surface area contributed by atoms with Gasteiger partial charge in [-0.05, 0) is 18.2 Å². The van der Waals surface area contributed by atoms with Gasteiger partial charge in [0.05, 0.1) is 62.6 Å². The summed E-state index contributed by atoms with van der Waals surface area (Å²) in [4.78, 5) is 11.7. The smallest absolute Gasteiger partial charge is 0.124 e. The molecule has 8 heteroatoms. The summed E-state index contributed by atoms with van der Waals surface area (Å²) in [6.07, 6.45) is 5.50. The van der Waals surface area contributed by atoms with Gasteiger partial charge in [-0.2, -0.15) is 5.10 Å². The molecule has 0 amide bonds. The zero-order chi connectivity index (χ0) is 21.4. The van der Waals surface area contributed by atoms with Crippen LogP contribution >= 0.6 is 0 Å². The minimum absolute atomic E-state index is 0.212. The van der Waals surface area contributed by atoms with Crippen LogP contribution in [-0.2, 0) is 11.8 Å². The first-order valence-electron chi connectivity index (χ1n) is 10.0. The number of aryl methyl sites for hydroxylation is 1. The predicted octanol–water partition coefficient (Wildman–Crippen LogP) is 3.58. The van der Waals surface area contributed by atoms with Crippen molar-refractivity contribution in [2.45, 2.75) is 6.04 Å². The molecule has 8 nitrogen and oxygen atoms in total. The van der Waals surface area contributed by atoms with Crippen LogP contribution in [0.25, 0.3) is 22.3 Å². The van der Waals surface area contributed by atoms with Gasteiger partial charge in [0.1, 0.15) is 11.5 Å². The Hall–Kier alpha value is -3.65. The lowest BCUT2D eigenvalue weighted by Crippen LogP contribution is -2.46. The SMILES string of the molecule is COc1cc(OC)cc(N(c2ccc3ncc(-c4cnn(C)c4)nc3c2)C2COC2)c1. The van der Waals surface area contributed by atoms with Crippen LogP contribution in [0.4, 0.5) is 11.4 Å². The van der Waals surface area contributed by atoms with E-state index in [1.54, 1.807) is 31.3 Å². The lowest BCUT2D eigenvalue weighted by Gasteiger charge is -2.39. The molecular formula is C23H23N5O3. The summed E-state index contributed by atoms with van der Waals surface area (Å²) in [6, 6.07) is 12.2. The molecule has 0 radical (unpaired) electrons. The maximum atomic E-state index is 5.50. The number of hydrogen-bond acceptors (Lipinski definition) is 7. The number of benzene rings is 2. The minimum atomic E-state index is 0.212. The minimum Gasteiger partial charge on any atom is -0.497 e. The molecule has 0 saturated carbocycles. The number of rotatable bonds is 6. The Balaban J connectivity index is 1.60. The monoisotopic (exact) mass is 417 g/mol. The number of aromatic nitrogens is 4. The highest BCUT2D eigenvalue weighted by molar-refractivity contribution is 5.83. The zero-order valence-electron chi connectivity index (χ0n) is 17.6. The zero-order valence-corrected chi connectivity index (χ0v) is 17.6. The highest BCUT2D eigenvalue weighted by Gasteiger charge is 2.28. The van der Waals surface area contributed by atoms with Crippen LogP contribution in [0, 0.1) is 0 Å². The third kappa shape index (κ3) is 3.66. The molecule has 2 aromatic heterocycles. The molecule has 0 atom stereocenters. The Labute approximate surface area is 180 Å². The molecule has 1 saturated heterocycles. The summed E-state index contributed by atoms with van der Waals surface area (Å²) < 4.78 is 18.2. The van der Waals surface area contributed by atoms with Gasteiger partial charge in [0, 0.05) is 48.4 Å². The lowest BCUT2D eigenvalue weighted by atomic mass is 10.1. The van der Waals surface area contributed by atoms with Crippen molar-refractivity contribution in [3.05, 3.63) is 55.0 Å². The van der Waals surface area contributed by atoms with Crippen LogP contribution in [0.5, 0.6) is 11.5 Å². The van der Waals surface area contributed by atoms with Crippen molar-refractivity contribution >= 4 is 22.4 Å². The number of ether oxygens (including phenoxy) is 3. The fraction of sp³-hybridized carbons (Fsp3) is 0.261. The molecule has 158 valence electrons. The van der Waals surface area contributed by atoms with Crippen molar-refractivity contribution in [2.24, 2.45) is 7.05 Å². The van der Waals surface area contributed by atoms with Crippen LogP contribution in [0.15, 0.2) is 55.0 Å². The molecule has 1 fully saturated rings. The molecule has 31 heavy (non-hydrogen) atoms. The van der Waals surface area contributed by atoms with Crippen LogP contribution in [0.3, 0.4) is 0 Å². The Morgan fingerprint density at radius 2 is 1.74 bits per heavy atom. The number of hydrogen-bond donors (Lipinski definition) is 0. The maximum absolute atomic E-state index is 5.50. The summed E-state index contributed by atoms with van der Waals surface area (Å²) in [5, 5.41) is 4.24. The number of fused-ring (bicyclic) bond motifs is 1. The summed E-state index contributed by atoms with van der Waals surface area (Å²) in [5.41, 5.74) is 5.36. The third-order valence-electron chi connectivity index (χ3n) is 5.40. The number of nitrogens with zero attached hydrogens (tertiary/aromatic N) is 5. The normalized spacial score (nSPS) is 13.8. The fourth-order valence-corrected chi connectivity index (χ4v) is 3.72. The van der Waals surface area contributed by atoms with Crippen molar-refractivity contribution in [3.63, 3.8) is 0 Å². The van der Waals surface area contributed by atoms with E-state index in [1.165, 1.54) is 0 Å². The Kier molecular flexibility index (Phi) is 4.91. The van der Waals surface area contributed by atoms with Crippen LogP contribution in [-0.4, -0.2) is 53.2 Å². The van der Waals surface area contributed by atoms with E-state index in [0.717, 1.165) is 45.2 Å². The molecule has 0 unspecified atom stereocenters. The highest BCUT2D eigenvalue weighted by atomic mass is 16.5. The number of anilines is 2. The van der Waals surface area contributed by atoms with Crippen molar-refractivity contribution < 1.29 is 14.2 Å². The van der Waals surface area contributed by atoms with Gasteiger partial charge in [-0.15, -0.1) is 0 Å². The first kappa shape index (κ1) is 19.3. The lowest BCUT2D eigenvalue weighted by molar-refractivity contribution is 0.0123. The molecule has 1 aliphatic rings. The van der Waals surface area contributed by atoms with Gasteiger partial charge in [0.25, 0.3) is 0 Å². The topological polar surface area (TPSA) is 74.5 Å². The molecule has 0 N–H and O–H groups in total. The van der Waals surface area contributed by atoms with E-state index >= 15 is 0 Å². The van der Waals surface area contributed by atoms with Gasteiger partial charge in [-0.1, -0.05) is 0 Å². The number of methoxy groups -OCH3 is 2. The second kappa shape index (κ2) is 7.88. The Bertz CT molecular complexity index is 1210. The van der Waals surface area contributed by atoms with Crippen molar-refractivity contribution in [2.75, 3.05) is 32.3 Å². The first-order valence-corrected chi connectivity index (χ1v) is 10.0. The van der Waals surface area contributed by atoms with E-state index in [9.17, 15) is 0 Å². The highest BCUT2D eigenvalue weighted by Crippen LogP contribution is 2.37. The Morgan fingerprint density at radius 3 is 2.35 bits per heavy atom. The quantitative estimate of drug-likeness (QED) is 0.475. The third-order valence-corrected chi connectivity index (χ3v) is 5.40. The first-order chi connectivity index (χ1) is 15.1. The molecule has 2 aromatic carbocycles. The van der Waals surface area contributed by atoms with Crippen LogP contribution in [0.1, 0.15) is 0 Å². The standard InChI is InChI=1S/C23H23N5O3/c1-27-12-15(10-25-27)23-11-24-21-5-4-16(8-22(21)26-23)28(18-13-31-14-18)17-6-19(29-2)9-20(7-17)30-3/h4-12,18H,13-14H2,1-3H3. The van der Waals surface area contributed by atoms with E-state index in [0.29, 0.717) is 13.2 Å². The van der Waals surface area contributed by atoms with E-state index < -0.39 is 0 Å². The molecule has 5 rings (SSSR count). The average molecular weight is 417 g/mol. The van der Waals surface area contributed by atoms with Gasteiger partial charge < -0.3 is 19.1 Å². The van der Waals surface area contributed by atoms with Crippen molar-refractivity contribution in [1.82, 2.24) is 19.7 Å². The molecule has 3 heterocycles. The molecule has 0 spiro atoms. The van der Waals surface area contributed by atoms with E-state index in [-0.39, 0.29) is 6.04 Å². The van der Waals surface area contributed by atoms with Gasteiger partial charge in [0.2, 0.25) is 0 Å². The molecular weight excluding hydrogens is 394 g/mol. The van der Waals surface area contributed by atoms with E-state index in [1.807, 2.05) is 37.5 Å². The maximum Gasteiger partial charge on any atom is 0.124 e. The second-order valence-corrected chi connectivity index (χ2v) is 7.46. The van der Waals surface area contributed by atoms with Gasteiger partial charge in [0.15, 0.2) is 0 Å². The van der Waals surface area contributed by atoms with Gasteiger partial charge in [-0.3, -0.25) is 9.67 Å². The van der Waals surface area contributed by atoms with Crippen molar-refractivity contribution in [1.29, 1.82) is 0 Å². The predicted molar refractivity (Wildman–Crippen MR) is 118 cm³/mol. The summed E-state index contributed by atoms with van der Waals surface area (Å²) in [7, 11) is 5.19. The van der Waals surface area contributed by atoms with Crippen LogP contribution < -0.4 is 14.4 Å². The second-order valence-electron chi connectivity index (χ2n) is 7.46. The van der Waals surface area contributed by atoms with Crippen LogP contribution in [0.2, 0.25) is 0 Å². The molecule has 0 bridgehead atoms. The molecule has 0 aliphatic carbocycles. The largest absolute Gasteiger partial charge is 0.497 e. The summed E-state index contributed by atoms with van der Waals surface area (Å²) in [6.45, 7) is 1.30. The van der Waals surface area contributed by atoms with E-state index in [4.69, 9.17) is 19.2 Å². The fourth-order valence-electron chi connectivity index (χ4n) is 3.72. The summed E-state index contributed by atoms with van der Waals surface area (Å²) in [5.74, 6) is 1.47. The molecule has 4 aromatic rings. The Morgan fingerprint density at radius 1 is 0.968 bits per heavy atom. The van der Waals surface area contributed by atoms with Crippen molar-refractivity contribution in [3.8, 4) is 22.8 Å². The molecule has 1 aliphatic heterocycles. The summed E-state index contributed by atoms with van der Waals surface area (Å²) >= 11 is 0. The van der Waals surface area contributed by atoms with E-state index in [2.05, 4.69) is 27.1 Å². The van der Waals surface area contributed by atoms with Gasteiger partial charge in [-0.25, -0.2) is 4.98 Å². The average Bonchev–Trinajstić information content (AvgIpc) is 3.21.